The van der Waals surface area contributed by atoms with Crippen molar-refractivity contribution in [3.05, 3.63) is 48.3 Å². The summed E-state index contributed by atoms with van der Waals surface area (Å²) >= 11 is 0. The van der Waals surface area contributed by atoms with Gasteiger partial charge in [-0.3, -0.25) is 15.3 Å². The lowest BCUT2D eigenvalue weighted by Gasteiger charge is -2.20. The van der Waals surface area contributed by atoms with E-state index >= 15 is 0 Å². The van der Waals surface area contributed by atoms with E-state index in [-0.39, 0.29) is 5.69 Å². The van der Waals surface area contributed by atoms with Crippen molar-refractivity contribution in [2.75, 3.05) is 10.6 Å². The lowest BCUT2D eigenvalue weighted by atomic mass is 10.2. The van der Waals surface area contributed by atoms with Crippen molar-refractivity contribution >= 4 is 17.5 Å². The monoisotopic (exact) mass is 318 g/mol. The van der Waals surface area contributed by atoms with E-state index in [1.807, 2.05) is 0 Å². The van der Waals surface area contributed by atoms with Gasteiger partial charge in [-0.15, -0.1) is 0 Å². The van der Waals surface area contributed by atoms with Crippen LogP contribution in [-0.2, 0) is 11.3 Å². The number of hydrogen-bond acceptors (Lipinski definition) is 5. The van der Waals surface area contributed by atoms with E-state index in [4.69, 9.17) is 4.74 Å². The number of nitrogens with one attached hydrogen (secondary N) is 2. The molecule has 2 aromatic rings. The number of anilines is 2. The van der Waals surface area contributed by atoms with Crippen LogP contribution in [0.2, 0.25) is 0 Å². The first-order chi connectivity index (χ1) is 10.8. The average Bonchev–Trinajstić information content (AvgIpc) is 2.47. The number of amides is 1. The Balaban J connectivity index is 2.02. The topological polar surface area (TPSA) is 76.1 Å². The Labute approximate surface area is 134 Å². The second kappa shape index (κ2) is 7.04. The van der Waals surface area contributed by atoms with Gasteiger partial charge in [0, 0.05) is 18.1 Å². The molecule has 1 amide bonds. The number of carbonyl (C=O) groups excluding carboxylic acids is 1. The molecule has 0 spiro atoms. The Morgan fingerprint density at radius 1 is 1.30 bits per heavy atom. The molecule has 7 heteroatoms. The van der Waals surface area contributed by atoms with Crippen molar-refractivity contribution in [2.24, 2.45) is 0 Å². The van der Waals surface area contributed by atoms with E-state index in [0.29, 0.717) is 12.2 Å². The number of benzene rings is 1. The minimum Gasteiger partial charge on any atom is -0.444 e. The van der Waals surface area contributed by atoms with Crippen LogP contribution in [0.1, 0.15) is 26.5 Å². The summed E-state index contributed by atoms with van der Waals surface area (Å²) in [6.45, 7) is 5.65. The van der Waals surface area contributed by atoms with E-state index in [0.717, 1.165) is 5.69 Å². The largest absolute Gasteiger partial charge is 0.444 e. The van der Waals surface area contributed by atoms with Crippen LogP contribution in [0.5, 0.6) is 0 Å². The maximum absolute atomic E-state index is 13.8. The van der Waals surface area contributed by atoms with Gasteiger partial charge in [0.1, 0.15) is 11.4 Å². The van der Waals surface area contributed by atoms with E-state index in [1.54, 1.807) is 45.4 Å². The SMILES string of the molecule is CC(C)(C)OC(=O)Nc1cc(NCc2cnccn2)ccc1F. The summed E-state index contributed by atoms with van der Waals surface area (Å²) < 4.78 is 18.9. The van der Waals surface area contributed by atoms with Crippen LogP contribution in [0.25, 0.3) is 0 Å². The molecule has 122 valence electrons. The number of aromatic nitrogens is 2. The second-order valence-corrected chi connectivity index (χ2v) is 5.87. The molecule has 0 aliphatic rings. The molecule has 0 aliphatic carbocycles. The average molecular weight is 318 g/mol. The zero-order valence-electron chi connectivity index (χ0n) is 13.3. The van der Waals surface area contributed by atoms with E-state index in [2.05, 4.69) is 20.6 Å². The molecule has 0 fully saturated rings. The molecule has 0 aliphatic heterocycles. The highest BCUT2D eigenvalue weighted by atomic mass is 19.1. The van der Waals surface area contributed by atoms with Crippen LogP contribution in [0.4, 0.5) is 20.6 Å². The minimum atomic E-state index is -0.706. The third-order valence-electron chi connectivity index (χ3n) is 2.69. The summed E-state index contributed by atoms with van der Waals surface area (Å²) in [6.07, 6.45) is 4.11. The number of rotatable bonds is 4. The molecule has 1 aromatic heterocycles. The molecule has 1 heterocycles. The molecule has 23 heavy (non-hydrogen) atoms. The van der Waals surface area contributed by atoms with Gasteiger partial charge in [-0.2, -0.15) is 0 Å². The Hall–Kier alpha value is -2.70. The molecule has 6 nitrogen and oxygen atoms in total. The Morgan fingerprint density at radius 3 is 2.74 bits per heavy atom. The third-order valence-corrected chi connectivity index (χ3v) is 2.69. The molecule has 0 bridgehead atoms. The Morgan fingerprint density at radius 2 is 2.09 bits per heavy atom. The number of carbonyl (C=O) groups is 1. The van der Waals surface area contributed by atoms with Crippen molar-refractivity contribution in [1.29, 1.82) is 0 Å². The summed E-state index contributed by atoms with van der Waals surface area (Å²) in [6, 6.07) is 4.34. The first-order valence-corrected chi connectivity index (χ1v) is 7.12. The van der Waals surface area contributed by atoms with E-state index in [1.165, 1.54) is 12.1 Å². The molecule has 0 atom stereocenters. The van der Waals surface area contributed by atoms with Crippen LogP contribution in [0, 0.1) is 5.82 Å². The quantitative estimate of drug-likeness (QED) is 0.901. The molecule has 0 saturated carbocycles. The summed E-state index contributed by atoms with van der Waals surface area (Å²) in [5.41, 5.74) is 0.785. The van der Waals surface area contributed by atoms with Crippen molar-refractivity contribution < 1.29 is 13.9 Å². The van der Waals surface area contributed by atoms with Gasteiger partial charge in [0.25, 0.3) is 0 Å². The summed E-state index contributed by atoms with van der Waals surface area (Å²) in [7, 11) is 0. The van der Waals surface area contributed by atoms with Gasteiger partial charge in [0.05, 0.1) is 24.1 Å². The fraction of sp³-hybridized carbons (Fsp3) is 0.312. The molecular weight excluding hydrogens is 299 g/mol. The lowest BCUT2D eigenvalue weighted by molar-refractivity contribution is 0.0635. The zero-order chi connectivity index (χ0) is 16.9. The van der Waals surface area contributed by atoms with Gasteiger partial charge < -0.3 is 10.1 Å². The van der Waals surface area contributed by atoms with E-state index < -0.39 is 17.5 Å². The number of hydrogen-bond donors (Lipinski definition) is 2. The first-order valence-electron chi connectivity index (χ1n) is 7.12. The van der Waals surface area contributed by atoms with Gasteiger partial charge in [-0.25, -0.2) is 9.18 Å². The molecule has 0 saturated heterocycles. The van der Waals surface area contributed by atoms with Crippen LogP contribution >= 0.6 is 0 Å². The van der Waals surface area contributed by atoms with Crippen molar-refractivity contribution in [1.82, 2.24) is 9.97 Å². The number of halogens is 1. The molecule has 0 radical (unpaired) electrons. The van der Waals surface area contributed by atoms with E-state index in [9.17, 15) is 9.18 Å². The molecule has 2 N–H and O–H groups in total. The van der Waals surface area contributed by atoms with Gasteiger partial charge in [0.2, 0.25) is 0 Å². The third kappa shape index (κ3) is 5.54. The molecule has 0 unspecified atom stereocenters. The summed E-state index contributed by atoms with van der Waals surface area (Å²) in [5.74, 6) is -0.541. The van der Waals surface area contributed by atoms with Crippen molar-refractivity contribution in [3.8, 4) is 0 Å². The van der Waals surface area contributed by atoms with Crippen LogP contribution in [0.15, 0.2) is 36.8 Å². The smallest absolute Gasteiger partial charge is 0.412 e. The second-order valence-electron chi connectivity index (χ2n) is 5.87. The van der Waals surface area contributed by atoms with Crippen LogP contribution < -0.4 is 10.6 Å². The maximum atomic E-state index is 13.8. The fourth-order valence-corrected chi connectivity index (χ4v) is 1.76. The van der Waals surface area contributed by atoms with Crippen molar-refractivity contribution in [3.63, 3.8) is 0 Å². The van der Waals surface area contributed by atoms with Crippen LogP contribution in [-0.4, -0.2) is 21.7 Å². The Bertz CT molecular complexity index is 672. The molecule has 2 rings (SSSR count). The number of ether oxygens (including phenoxy) is 1. The summed E-state index contributed by atoms with van der Waals surface area (Å²) in [4.78, 5) is 19.8. The molecular formula is C16H19FN4O2. The van der Waals surface area contributed by atoms with Crippen molar-refractivity contribution in [2.45, 2.75) is 32.9 Å². The lowest BCUT2D eigenvalue weighted by Crippen LogP contribution is -2.27. The normalized spacial score (nSPS) is 11.0. The highest BCUT2D eigenvalue weighted by molar-refractivity contribution is 5.85. The van der Waals surface area contributed by atoms with Gasteiger partial charge in [-0.05, 0) is 39.0 Å². The first kappa shape index (κ1) is 16.7. The predicted molar refractivity (Wildman–Crippen MR) is 85.6 cm³/mol. The van der Waals surface area contributed by atoms with Gasteiger partial charge >= 0.3 is 6.09 Å². The maximum Gasteiger partial charge on any atom is 0.412 e. The van der Waals surface area contributed by atoms with Gasteiger partial charge in [-0.1, -0.05) is 0 Å². The zero-order valence-corrected chi connectivity index (χ0v) is 13.3. The van der Waals surface area contributed by atoms with Gasteiger partial charge in [0.15, 0.2) is 0 Å². The standard InChI is InChI=1S/C16H19FN4O2/c1-16(2,3)23-15(22)21-14-8-11(4-5-13(14)17)20-10-12-9-18-6-7-19-12/h4-9,20H,10H2,1-3H3,(H,21,22). The summed E-state index contributed by atoms with van der Waals surface area (Å²) in [5, 5.41) is 5.49. The van der Waals surface area contributed by atoms with Crippen LogP contribution in [0.3, 0.4) is 0 Å². The highest BCUT2D eigenvalue weighted by Gasteiger charge is 2.17. The highest BCUT2D eigenvalue weighted by Crippen LogP contribution is 2.21. The minimum absolute atomic E-state index is 0.0448. The molecule has 1 aromatic carbocycles. The predicted octanol–water partition coefficient (Wildman–Crippen LogP) is 3.57. The Kier molecular flexibility index (Phi) is 5.10. The number of nitrogens with zero attached hydrogens (tertiary/aromatic N) is 2. The fourth-order valence-electron chi connectivity index (χ4n) is 1.76.